The van der Waals surface area contributed by atoms with Crippen LogP contribution in [0.1, 0.15) is 22.3 Å². The highest BCUT2D eigenvalue weighted by atomic mass is 16.5. The third kappa shape index (κ3) is 6.23. The predicted molar refractivity (Wildman–Crippen MR) is 126 cm³/mol. The third-order valence-corrected chi connectivity index (χ3v) is 4.82. The molecule has 0 unspecified atom stereocenters. The number of carbonyl (C=O) groups is 2. The second-order valence-electron chi connectivity index (χ2n) is 7.11. The summed E-state index contributed by atoms with van der Waals surface area (Å²) >= 11 is 0. The van der Waals surface area contributed by atoms with Gasteiger partial charge in [0.1, 0.15) is 28.4 Å². The van der Waals surface area contributed by atoms with E-state index >= 15 is 0 Å². The van der Waals surface area contributed by atoms with Crippen LogP contribution in [0, 0.1) is 0 Å². The summed E-state index contributed by atoms with van der Waals surface area (Å²) in [6.07, 6.45) is 3.43. The van der Waals surface area contributed by atoms with Crippen molar-refractivity contribution < 1.29 is 33.0 Å². The van der Waals surface area contributed by atoms with E-state index in [4.69, 9.17) is 23.4 Å². The molecular formula is C25H25NO8. The van der Waals surface area contributed by atoms with Crippen LogP contribution in [0.5, 0.6) is 17.2 Å². The molecule has 1 amide bonds. The molecule has 1 aromatic heterocycles. The van der Waals surface area contributed by atoms with Crippen LogP contribution in [-0.4, -0.2) is 46.4 Å². The molecule has 3 aromatic rings. The average Bonchev–Trinajstić information content (AvgIpc) is 2.84. The number of hydrogen-bond acceptors (Lipinski definition) is 8. The Bertz CT molecular complexity index is 1260. The summed E-state index contributed by atoms with van der Waals surface area (Å²) in [6, 6.07) is 11.2. The first-order chi connectivity index (χ1) is 16.4. The molecule has 9 heteroatoms. The van der Waals surface area contributed by atoms with Crippen LogP contribution >= 0.6 is 0 Å². The largest absolute Gasteiger partial charge is 0.497 e. The van der Waals surface area contributed by atoms with Gasteiger partial charge < -0.3 is 28.7 Å². The fraction of sp³-hybridized carbons (Fsp3) is 0.240. The summed E-state index contributed by atoms with van der Waals surface area (Å²) < 4.78 is 26.0. The summed E-state index contributed by atoms with van der Waals surface area (Å²) in [5, 5.41) is 3.16. The van der Waals surface area contributed by atoms with Gasteiger partial charge in [-0.15, -0.1) is 0 Å². The second-order valence-corrected chi connectivity index (χ2v) is 7.11. The van der Waals surface area contributed by atoms with Gasteiger partial charge in [-0.3, -0.25) is 4.79 Å². The van der Waals surface area contributed by atoms with Crippen LogP contribution in [0.15, 0.2) is 57.8 Å². The quantitative estimate of drug-likeness (QED) is 0.159. The van der Waals surface area contributed by atoms with Crippen LogP contribution in [0.25, 0.3) is 17.0 Å². The zero-order chi connectivity index (χ0) is 24.5. The Morgan fingerprint density at radius 1 is 1.00 bits per heavy atom. The summed E-state index contributed by atoms with van der Waals surface area (Å²) in [6.45, 7) is 0.867. The van der Waals surface area contributed by atoms with Crippen molar-refractivity contribution in [1.82, 2.24) is 5.32 Å². The number of methoxy groups -OCH3 is 3. The number of rotatable bonds is 10. The minimum Gasteiger partial charge on any atom is -0.497 e. The normalized spacial score (nSPS) is 10.9. The maximum absolute atomic E-state index is 12.3. The van der Waals surface area contributed by atoms with E-state index in [1.165, 1.54) is 25.3 Å². The van der Waals surface area contributed by atoms with E-state index < -0.39 is 17.5 Å². The third-order valence-electron chi connectivity index (χ3n) is 4.82. The zero-order valence-electron chi connectivity index (χ0n) is 19.1. The molecule has 2 aromatic carbocycles. The SMILES string of the molecule is COCCCNC(=O)c1cc2ccc(OC(=O)/C=C/c3ccc(OC)cc3OC)cc2oc1=O. The Kier molecular flexibility index (Phi) is 8.42. The Morgan fingerprint density at radius 3 is 2.53 bits per heavy atom. The minimum atomic E-state index is -0.785. The molecule has 0 radical (unpaired) electrons. The number of ether oxygens (including phenoxy) is 4. The molecule has 1 heterocycles. The van der Waals surface area contributed by atoms with Crippen LogP contribution in [-0.2, 0) is 9.53 Å². The lowest BCUT2D eigenvalue weighted by Gasteiger charge is -2.07. The van der Waals surface area contributed by atoms with E-state index in [-0.39, 0.29) is 16.9 Å². The average molecular weight is 467 g/mol. The molecule has 0 saturated carbocycles. The molecule has 0 bridgehead atoms. The number of carbonyl (C=O) groups excluding carboxylic acids is 2. The Morgan fingerprint density at radius 2 is 1.79 bits per heavy atom. The fourth-order valence-corrected chi connectivity index (χ4v) is 3.09. The van der Waals surface area contributed by atoms with Gasteiger partial charge in [0, 0.05) is 49.4 Å². The van der Waals surface area contributed by atoms with Gasteiger partial charge in [-0.05, 0) is 42.8 Å². The van der Waals surface area contributed by atoms with Crippen molar-refractivity contribution in [2.24, 2.45) is 0 Å². The molecule has 1 N–H and O–H groups in total. The predicted octanol–water partition coefficient (Wildman–Crippen LogP) is 3.20. The monoisotopic (exact) mass is 467 g/mol. The maximum Gasteiger partial charge on any atom is 0.349 e. The number of nitrogens with one attached hydrogen (secondary N) is 1. The van der Waals surface area contributed by atoms with Crippen LogP contribution in [0.2, 0.25) is 0 Å². The molecule has 0 aliphatic heterocycles. The Balaban J connectivity index is 1.71. The van der Waals surface area contributed by atoms with E-state index in [1.54, 1.807) is 50.6 Å². The molecule has 3 rings (SSSR count). The molecular weight excluding hydrogens is 442 g/mol. The Labute approximate surface area is 195 Å². The van der Waals surface area contributed by atoms with E-state index in [1.807, 2.05) is 0 Å². The lowest BCUT2D eigenvalue weighted by Crippen LogP contribution is -2.29. The van der Waals surface area contributed by atoms with Crippen molar-refractivity contribution in [2.45, 2.75) is 6.42 Å². The van der Waals surface area contributed by atoms with Gasteiger partial charge in [0.15, 0.2) is 0 Å². The Hall–Kier alpha value is -4.11. The topological polar surface area (TPSA) is 113 Å². The number of amides is 1. The summed E-state index contributed by atoms with van der Waals surface area (Å²) in [4.78, 5) is 36.8. The lowest BCUT2D eigenvalue weighted by molar-refractivity contribution is -0.128. The van der Waals surface area contributed by atoms with Crippen molar-refractivity contribution in [3.63, 3.8) is 0 Å². The van der Waals surface area contributed by atoms with Gasteiger partial charge in [-0.2, -0.15) is 0 Å². The smallest absolute Gasteiger partial charge is 0.349 e. The van der Waals surface area contributed by atoms with Gasteiger partial charge in [0.05, 0.1) is 14.2 Å². The number of benzene rings is 2. The summed E-state index contributed by atoms with van der Waals surface area (Å²) in [7, 11) is 4.64. The molecule has 178 valence electrons. The zero-order valence-corrected chi connectivity index (χ0v) is 19.1. The number of hydrogen-bond donors (Lipinski definition) is 1. The number of esters is 1. The van der Waals surface area contributed by atoms with Gasteiger partial charge in [-0.25, -0.2) is 9.59 Å². The first-order valence-corrected chi connectivity index (χ1v) is 10.4. The standard InChI is InChI=1S/C25H25NO8/c1-30-12-4-11-26-24(28)20-13-17-6-9-19(15-22(17)34-25(20)29)33-23(27)10-7-16-5-8-18(31-2)14-21(16)32-3/h5-10,13-15H,4,11-12H2,1-3H3,(H,26,28)/b10-7+. The van der Waals surface area contributed by atoms with Crippen molar-refractivity contribution >= 4 is 28.9 Å². The van der Waals surface area contributed by atoms with E-state index in [9.17, 15) is 14.4 Å². The van der Waals surface area contributed by atoms with Gasteiger partial charge in [-0.1, -0.05) is 0 Å². The molecule has 9 nitrogen and oxygen atoms in total. The minimum absolute atomic E-state index is 0.106. The highest BCUT2D eigenvalue weighted by Gasteiger charge is 2.14. The lowest BCUT2D eigenvalue weighted by atomic mass is 10.1. The van der Waals surface area contributed by atoms with Crippen molar-refractivity contribution in [3.05, 3.63) is 70.1 Å². The number of fused-ring (bicyclic) bond motifs is 1. The van der Waals surface area contributed by atoms with Gasteiger partial charge >= 0.3 is 11.6 Å². The van der Waals surface area contributed by atoms with Crippen molar-refractivity contribution in [1.29, 1.82) is 0 Å². The highest BCUT2D eigenvalue weighted by molar-refractivity contribution is 5.97. The molecule has 0 spiro atoms. The summed E-state index contributed by atoms with van der Waals surface area (Å²) in [5.74, 6) is 0.187. The molecule has 0 fully saturated rings. The van der Waals surface area contributed by atoms with E-state index in [2.05, 4.69) is 5.32 Å². The van der Waals surface area contributed by atoms with Crippen molar-refractivity contribution in [3.8, 4) is 17.2 Å². The van der Waals surface area contributed by atoms with Crippen molar-refractivity contribution in [2.75, 3.05) is 34.5 Å². The van der Waals surface area contributed by atoms with Crippen LogP contribution in [0.3, 0.4) is 0 Å². The highest BCUT2D eigenvalue weighted by Crippen LogP contribution is 2.26. The first kappa shape index (κ1) is 24.5. The summed E-state index contributed by atoms with van der Waals surface area (Å²) in [5.41, 5.74) is -0.0393. The van der Waals surface area contributed by atoms with Crippen LogP contribution < -0.4 is 25.2 Å². The maximum atomic E-state index is 12.3. The molecule has 0 atom stereocenters. The second kappa shape index (κ2) is 11.7. The van der Waals surface area contributed by atoms with E-state index in [0.717, 1.165) is 0 Å². The van der Waals surface area contributed by atoms with Crippen LogP contribution in [0.4, 0.5) is 0 Å². The molecule has 0 aliphatic carbocycles. The fourth-order valence-electron chi connectivity index (χ4n) is 3.09. The first-order valence-electron chi connectivity index (χ1n) is 10.4. The molecule has 0 aliphatic rings. The van der Waals surface area contributed by atoms with E-state index in [0.29, 0.717) is 42.0 Å². The van der Waals surface area contributed by atoms with Gasteiger partial charge in [0.2, 0.25) is 0 Å². The molecule has 0 saturated heterocycles. The molecule has 34 heavy (non-hydrogen) atoms. The van der Waals surface area contributed by atoms with Gasteiger partial charge in [0.25, 0.3) is 5.91 Å².